The average Bonchev–Trinajstić information content (AvgIpc) is 2.99. The molecule has 1 aliphatic carbocycles. The molecule has 0 N–H and O–H groups in total. The molecule has 0 amide bonds. The molecule has 0 saturated heterocycles. The van der Waals surface area contributed by atoms with Crippen LogP contribution in [0.4, 0.5) is 5.69 Å². The Hall–Kier alpha value is -1.52. The number of aliphatic imine (C=N–C) groups is 1. The van der Waals surface area contributed by atoms with Crippen LogP contribution in [0.3, 0.4) is 0 Å². The Labute approximate surface area is 196 Å². The molecule has 1 heterocycles. The van der Waals surface area contributed by atoms with Crippen LogP contribution in [0, 0.1) is 24.2 Å². The van der Waals surface area contributed by atoms with Gasteiger partial charge in [-0.25, -0.2) is 4.99 Å². The molecule has 9 heteroatoms. The lowest BCUT2D eigenvalue weighted by atomic mass is 9.93. The van der Waals surface area contributed by atoms with Crippen molar-refractivity contribution < 1.29 is 4.74 Å². The molecular formula is C21H23Cl3N4OS. The van der Waals surface area contributed by atoms with Gasteiger partial charge in [0.1, 0.15) is 21.7 Å². The second-order valence-corrected chi connectivity index (χ2v) is 9.99. The van der Waals surface area contributed by atoms with Crippen LogP contribution in [0.15, 0.2) is 17.1 Å². The van der Waals surface area contributed by atoms with E-state index in [1.807, 2.05) is 45.7 Å². The standard InChI is InChI=1S/C21H23Cl3N4OS/c1-6-20(13(4)21(20,23)24)18-14(10-25)19(30-27-18)29-17-8-12(3)16(9-15(17)22)26-11-28(5)7-2/h8-9,11,13H,6-7H2,1-5H3. The van der Waals surface area contributed by atoms with Gasteiger partial charge in [0.2, 0.25) is 5.06 Å². The number of aryl methyl sites for hydroxylation is 1. The van der Waals surface area contributed by atoms with E-state index in [-0.39, 0.29) is 5.92 Å². The van der Waals surface area contributed by atoms with Gasteiger partial charge in [-0.15, -0.1) is 23.2 Å². The van der Waals surface area contributed by atoms with Gasteiger partial charge in [-0.2, -0.15) is 9.64 Å². The number of benzene rings is 1. The van der Waals surface area contributed by atoms with Gasteiger partial charge in [0.05, 0.1) is 28.2 Å². The summed E-state index contributed by atoms with van der Waals surface area (Å²) in [6, 6.07) is 5.78. The number of rotatable bonds is 7. The fourth-order valence-corrected chi connectivity index (χ4v) is 5.69. The summed E-state index contributed by atoms with van der Waals surface area (Å²) in [5, 5.41) is 10.6. The summed E-state index contributed by atoms with van der Waals surface area (Å²) >= 11 is 20.6. The van der Waals surface area contributed by atoms with Gasteiger partial charge in [0, 0.05) is 31.0 Å². The van der Waals surface area contributed by atoms with Crippen LogP contribution in [0.2, 0.25) is 5.02 Å². The Morgan fingerprint density at radius 1 is 1.40 bits per heavy atom. The Bertz CT molecular complexity index is 1030. The van der Waals surface area contributed by atoms with E-state index < -0.39 is 9.75 Å². The van der Waals surface area contributed by atoms with E-state index in [0.717, 1.165) is 29.3 Å². The molecule has 0 bridgehead atoms. The minimum absolute atomic E-state index is 0.00962. The molecule has 2 unspecified atom stereocenters. The van der Waals surface area contributed by atoms with E-state index in [0.29, 0.717) is 33.5 Å². The molecule has 0 spiro atoms. The Balaban J connectivity index is 1.93. The predicted octanol–water partition coefficient (Wildman–Crippen LogP) is 6.85. The van der Waals surface area contributed by atoms with Gasteiger partial charge in [-0.05, 0) is 38.0 Å². The minimum atomic E-state index is -0.946. The average molecular weight is 486 g/mol. The number of nitriles is 1. The van der Waals surface area contributed by atoms with Crippen LogP contribution < -0.4 is 4.74 Å². The van der Waals surface area contributed by atoms with Crippen molar-refractivity contribution in [3.63, 3.8) is 0 Å². The van der Waals surface area contributed by atoms with Crippen LogP contribution in [0.5, 0.6) is 10.8 Å². The van der Waals surface area contributed by atoms with Crippen LogP contribution in [0.25, 0.3) is 0 Å². The van der Waals surface area contributed by atoms with Crippen molar-refractivity contribution in [2.75, 3.05) is 13.6 Å². The summed E-state index contributed by atoms with van der Waals surface area (Å²) in [5.41, 5.74) is 2.06. The van der Waals surface area contributed by atoms with E-state index in [1.165, 1.54) is 0 Å². The summed E-state index contributed by atoms with van der Waals surface area (Å²) in [6.45, 7) is 8.80. The number of halogens is 3. The van der Waals surface area contributed by atoms with Crippen molar-refractivity contribution in [1.82, 2.24) is 9.27 Å². The van der Waals surface area contributed by atoms with Crippen LogP contribution in [-0.2, 0) is 5.41 Å². The highest BCUT2D eigenvalue weighted by Gasteiger charge is 2.75. The number of ether oxygens (including phenoxy) is 1. The van der Waals surface area contributed by atoms with Crippen molar-refractivity contribution >= 4 is 58.4 Å². The SMILES string of the molecule is CCN(C)C=Nc1cc(Cl)c(Oc2snc(C3(CC)C(C)C3(Cl)Cl)c2C#N)cc1C. The first-order valence-corrected chi connectivity index (χ1v) is 11.5. The van der Waals surface area contributed by atoms with Crippen LogP contribution in [0.1, 0.15) is 44.0 Å². The first-order valence-electron chi connectivity index (χ1n) is 9.64. The first-order chi connectivity index (χ1) is 14.1. The van der Waals surface area contributed by atoms with Gasteiger partial charge < -0.3 is 9.64 Å². The molecule has 1 aromatic carbocycles. The maximum Gasteiger partial charge on any atom is 0.218 e. The topological polar surface area (TPSA) is 61.5 Å². The third-order valence-corrected chi connectivity index (χ3v) is 8.24. The molecule has 3 rings (SSSR count). The van der Waals surface area contributed by atoms with Crippen molar-refractivity contribution in [3.05, 3.63) is 34.0 Å². The lowest BCUT2D eigenvalue weighted by molar-refractivity contribution is 0.492. The summed E-state index contributed by atoms with van der Waals surface area (Å²) in [7, 11) is 1.95. The van der Waals surface area contributed by atoms with E-state index in [4.69, 9.17) is 39.5 Å². The second-order valence-electron chi connectivity index (χ2n) is 7.46. The lowest BCUT2D eigenvalue weighted by Crippen LogP contribution is -2.16. The van der Waals surface area contributed by atoms with Crippen LogP contribution >= 0.6 is 46.3 Å². The second kappa shape index (κ2) is 8.55. The minimum Gasteiger partial charge on any atom is -0.442 e. The van der Waals surface area contributed by atoms with Gasteiger partial charge in [-0.3, -0.25) is 0 Å². The molecule has 1 aliphatic rings. The van der Waals surface area contributed by atoms with Gasteiger partial charge in [0.25, 0.3) is 0 Å². The molecule has 5 nitrogen and oxygen atoms in total. The molecule has 2 aromatic rings. The normalized spacial score (nSPS) is 22.2. The zero-order chi connectivity index (χ0) is 22.3. The molecule has 2 atom stereocenters. The molecular weight excluding hydrogens is 463 g/mol. The largest absolute Gasteiger partial charge is 0.442 e. The summed E-state index contributed by atoms with van der Waals surface area (Å²) in [6.07, 6.45) is 2.44. The van der Waals surface area contributed by atoms with E-state index in [1.54, 1.807) is 12.4 Å². The monoisotopic (exact) mass is 484 g/mol. The zero-order valence-corrected chi connectivity index (χ0v) is 20.5. The Kier molecular flexibility index (Phi) is 6.60. The highest BCUT2D eigenvalue weighted by Crippen LogP contribution is 2.71. The number of nitrogens with zero attached hydrogens (tertiary/aromatic N) is 4. The summed E-state index contributed by atoms with van der Waals surface area (Å²) in [4.78, 5) is 6.43. The molecule has 1 fully saturated rings. The molecule has 160 valence electrons. The van der Waals surface area contributed by atoms with E-state index in [9.17, 15) is 5.26 Å². The molecule has 0 radical (unpaired) electrons. The number of hydrogen-bond donors (Lipinski definition) is 0. The number of hydrogen-bond acceptors (Lipinski definition) is 5. The summed E-state index contributed by atoms with van der Waals surface area (Å²) < 4.78 is 9.59. The number of alkyl halides is 2. The fraction of sp³-hybridized carbons (Fsp3) is 0.476. The predicted molar refractivity (Wildman–Crippen MR) is 125 cm³/mol. The van der Waals surface area contributed by atoms with E-state index in [2.05, 4.69) is 15.4 Å². The summed E-state index contributed by atoms with van der Waals surface area (Å²) in [5.74, 6) is 0.436. The first kappa shape index (κ1) is 23.1. The third-order valence-electron chi connectivity index (χ3n) is 5.89. The quantitative estimate of drug-likeness (QED) is 0.244. The van der Waals surface area contributed by atoms with Crippen molar-refractivity contribution in [3.8, 4) is 16.9 Å². The Morgan fingerprint density at radius 2 is 2.07 bits per heavy atom. The molecule has 1 aromatic heterocycles. The van der Waals surface area contributed by atoms with Crippen molar-refractivity contribution in [2.45, 2.75) is 43.9 Å². The van der Waals surface area contributed by atoms with Crippen molar-refractivity contribution in [1.29, 1.82) is 5.26 Å². The maximum absolute atomic E-state index is 9.82. The smallest absolute Gasteiger partial charge is 0.218 e. The molecule has 0 aliphatic heterocycles. The zero-order valence-electron chi connectivity index (χ0n) is 17.5. The lowest BCUT2D eigenvalue weighted by Gasteiger charge is -2.14. The van der Waals surface area contributed by atoms with Crippen LogP contribution in [-0.4, -0.2) is 33.5 Å². The number of aromatic nitrogens is 1. The van der Waals surface area contributed by atoms with Gasteiger partial charge in [0.15, 0.2) is 0 Å². The third kappa shape index (κ3) is 3.67. The fourth-order valence-electron chi connectivity index (χ4n) is 3.66. The van der Waals surface area contributed by atoms with E-state index >= 15 is 0 Å². The van der Waals surface area contributed by atoms with Gasteiger partial charge >= 0.3 is 0 Å². The highest BCUT2D eigenvalue weighted by molar-refractivity contribution is 7.08. The maximum atomic E-state index is 9.82. The van der Waals surface area contributed by atoms with Gasteiger partial charge in [-0.1, -0.05) is 25.4 Å². The Morgan fingerprint density at radius 3 is 2.60 bits per heavy atom. The highest BCUT2D eigenvalue weighted by atomic mass is 35.5. The molecule has 30 heavy (non-hydrogen) atoms. The van der Waals surface area contributed by atoms with Crippen molar-refractivity contribution in [2.24, 2.45) is 10.9 Å². The molecule has 1 saturated carbocycles.